The molecule has 0 radical (unpaired) electrons. The van der Waals surface area contributed by atoms with Crippen molar-refractivity contribution >= 4 is 0 Å². The van der Waals surface area contributed by atoms with E-state index in [0.717, 1.165) is 17.7 Å². The molecular weight excluding hydrogens is 227 g/mol. The first-order chi connectivity index (χ1) is 8.72. The number of nitrogens with zero attached hydrogens (tertiary/aromatic N) is 1. The van der Waals surface area contributed by atoms with Gasteiger partial charge in [-0.1, -0.05) is 31.2 Å². The van der Waals surface area contributed by atoms with Crippen molar-refractivity contribution in [1.29, 1.82) is 0 Å². The Kier molecular flexibility index (Phi) is 4.05. The highest BCUT2D eigenvalue weighted by Crippen LogP contribution is 2.19. The van der Waals surface area contributed by atoms with Gasteiger partial charge in [-0.3, -0.25) is 4.98 Å². The maximum absolute atomic E-state index is 13.6. The summed E-state index contributed by atoms with van der Waals surface area (Å²) in [5.41, 5.74) is 8.77. The van der Waals surface area contributed by atoms with E-state index in [-0.39, 0.29) is 11.9 Å². The van der Waals surface area contributed by atoms with Gasteiger partial charge in [-0.05, 0) is 36.1 Å². The fourth-order valence-corrected chi connectivity index (χ4v) is 2.08. The lowest BCUT2D eigenvalue weighted by Crippen LogP contribution is -2.17. The number of rotatable bonds is 4. The Morgan fingerprint density at radius 3 is 2.61 bits per heavy atom. The van der Waals surface area contributed by atoms with E-state index in [4.69, 9.17) is 5.73 Å². The summed E-state index contributed by atoms with van der Waals surface area (Å²) in [6, 6.07) is 10.4. The van der Waals surface area contributed by atoms with Crippen LogP contribution in [-0.4, -0.2) is 4.98 Å². The Bertz CT molecular complexity index is 525. The second-order valence-electron chi connectivity index (χ2n) is 4.30. The molecule has 1 unspecified atom stereocenters. The van der Waals surface area contributed by atoms with Crippen LogP contribution < -0.4 is 5.73 Å². The Labute approximate surface area is 107 Å². The van der Waals surface area contributed by atoms with Gasteiger partial charge in [0.25, 0.3) is 0 Å². The zero-order valence-corrected chi connectivity index (χ0v) is 10.4. The number of hydrogen-bond acceptors (Lipinski definition) is 2. The molecule has 1 aromatic carbocycles. The SMILES string of the molecule is CCc1cccnc1C(N)Cc1ccccc1F. The number of halogens is 1. The van der Waals surface area contributed by atoms with E-state index in [9.17, 15) is 4.39 Å². The van der Waals surface area contributed by atoms with Gasteiger partial charge >= 0.3 is 0 Å². The van der Waals surface area contributed by atoms with Gasteiger partial charge in [-0.15, -0.1) is 0 Å². The molecule has 1 aromatic heterocycles. The van der Waals surface area contributed by atoms with Crippen LogP contribution in [0, 0.1) is 5.82 Å². The highest BCUT2D eigenvalue weighted by molar-refractivity contribution is 5.26. The lowest BCUT2D eigenvalue weighted by molar-refractivity contribution is 0.588. The van der Waals surface area contributed by atoms with Crippen LogP contribution in [0.1, 0.15) is 29.8 Å². The molecule has 1 atom stereocenters. The predicted molar refractivity (Wildman–Crippen MR) is 70.6 cm³/mol. The van der Waals surface area contributed by atoms with Gasteiger partial charge in [0.15, 0.2) is 0 Å². The van der Waals surface area contributed by atoms with Crippen LogP contribution in [0.3, 0.4) is 0 Å². The molecule has 0 aliphatic rings. The van der Waals surface area contributed by atoms with E-state index in [0.29, 0.717) is 12.0 Å². The van der Waals surface area contributed by atoms with E-state index in [1.54, 1.807) is 18.3 Å². The standard InChI is InChI=1S/C15H17FN2/c1-2-11-7-5-9-18-15(11)14(17)10-12-6-3-4-8-13(12)16/h3-9,14H,2,10,17H2,1H3. The van der Waals surface area contributed by atoms with Crippen molar-refractivity contribution in [3.05, 3.63) is 65.2 Å². The van der Waals surface area contributed by atoms with Crippen LogP contribution in [0.15, 0.2) is 42.6 Å². The van der Waals surface area contributed by atoms with Gasteiger partial charge in [0.05, 0.1) is 11.7 Å². The maximum atomic E-state index is 13.6. The minimum atomic E-state index is -0.266. The fraction of sp³-hybridized carbons (Fsp3) is 0.267. The average Bonchev–Trinajstić information content (AvgIpc) is 2.41. The molecule has 0 aliphatic carbocycles. The number of pyridine rings is 1. The van der Waals surface area contributed by atoms with E-state index < -0.39 is 0 Å². The van der Waals surface area contributed by atoms with Crippen molar-refractivity contribution in [3.63, 3.8) is 0 Å². The van der Waals surface area contributed by atoms with E-state index in [2.05, 4.69) is 11.9 Å². The second kappa shape index (κ2) is 5.74. The average molecular weight is 244 g/mol. The highest BCUT2D eigenvalue weighted by atomic mass is 19.1. The van der Waals surface area contributed by atoms with Crippen LogP contribution in [0.2, 0.25) is 0 Å². The molecule has 2 aromatic rings. The summed E-state index contributed by atoms with van der Waals surface area (Å²) in [6.07, 6.45) is 3.08. The van der Waals surface area contributed by atoms with Crippen LogP contribution in [0.25, 0.3) is 0 Å². The number of aromatic nitrogens is 1. The summed E-state index contributed by atoms with van der Waals surface area (Å²) < 4.78 is 13.6. The topological polar surface area (TPSA) is 38.9 Å². The van der Waals surface area contributed by atoms with Crippen LogP contribution in [0.4, 0.5) is 4.39 Å². The quantitative estimate of drug-likeness (QED) is 0.897. The molecule has 18 heavy (non-hydrogen) atoms. The van der Waals surface area contributed by atoms with Gasteiger partial charge in [-0.2, -0.15) is 0 Å². The molecule has 0 aliphatic heterocycles. The van der Waals surface area contributed by atoms with E-state index in [1.165, 1.54) is 6.07 Å². The Morgan fingerprint density at radius 1 is 1.17 bits per heavy atom. The van der Waals surface area contributed by atoms with Crippen LogP contribution >= 0.6 is 0 Å². The van der Waals surface area contributed by atoms with Crippen molar-refractivity contribution in [1.82, 2.24) is 4.98 Å². The van der Waals surface area contributed by atoms with Crippen molar-refractivity contribution in [2.24, 2.45) is 5.73 Å². The predicted octanol–water partition coefficient (Wildman–Crippen LogP) is 3.03. The third-order valence-electron chi connectivity index (χ3n) is 3.06. The van der Waals surface area contributed by atoms with Gasteiger partial charge < -0.3 is 5.73 Å². The van der Waals surface area contributed by atoms with Crippen molar-refractivity contribution in [2.75, 3.05) is 0 Å². The first-order valence-corrected chi connectivity index (χ1v) is 6.15. The smallest absolute Gasteiger partial charge is 0.126 e. The summed E-state index contributed by atoms with van der Waals surface area (Å²) in [5, 5.41) is 0. The zero-order chi connectivity index (χ0) is 13.0. The molecule has 2 rings (SSSR count). The second-order valence-corrected chi connectivity index (χ2v) is 4.30. The number of benzene rings is 1. The minimum Gasteiger partial charge on any atom is -0.322 e. The minimum absolute atomic E-state index is 0.207. The highest BCUT2D eigenvalue weighted by Gasteiger charge is 2.13. The first-order valence-electron chi connectivity index (χ1n) is 6.15. The summed E-state index contributed by atoms with van der Waals surface area (Å²) in [5.74, 6) is -0.207. The molecule has 1 heterocycles. The van der Waals surface area contributed by atoms with Crippen LogP contribution in [0.5, 0.6) is 0 Å². The summed E-state index contributed by atoms with van der Waals surface area (Å²) in [4.78, 5) is 4.33. The van der Waals surface area contributed by atoms with Crippen molar-refractivity contribution in [2.45, 2.75) is 25.8 Å². The summed E-state index contributed by atoms with van der Waals surface area (Å²) >= 11 is 0. The maximum Gasteiger partial charge on any atom is 0.126 e. The van der Waals surface area contributed by atoms with Gasteiger partial charge in [0.1, 0.15) is 5.82 Å². The van der Waals surface area contributed by atoms with E-state index in [1.807, 2.05) is 18.2 Å². The van der Waals surface area contributed by atoms with E-state index >= 15 is 0 Å². The molecule has 0 bridgehead atoms. The number of aryl methyl sites for hydroxylation is 1. The molecule has 0 saturated carbocycles. The first kappa shape index (κ1) is 12.7. The monoisotopic (exact) mass is 244 g/mol. The summed E-state index contributed by atoms with van der Waals surface area (Å²) in [7, 11) is 0. The molecule has 2 nitrogen and oxygen atoms in total. The molecular formula is C15H17FN2. The third kappa shape index (κ3) is 2.74. The largest absolute Gasteiger partial charge is 0.322 e. The Hall–Kier alpha value is -1.74. The molecule has 94 valence electrons. The fourth-order valence-electron chi connectivity index (χ4n) is 2.08. The Balaban J connectivity index is 2.22. The Morgan fingerprint density at radius 2 is 1.89 bits per heavy atom. The molecule has 3 heteroatoms. The molecule has 0 fully saturated rings. The van der Waals surface area contributed by atoms with Gasteiger partial charge in [-0.25, -0.2) is 4.39 Å². The summed E-state index contributed by atoms with van der Waals surface area (Å²) in [6.45, 7) is 2.07. The molecule has 0 saturated heterocycles. The third-order valence-corrected chi connectivity index (χ3v) is 3.06. The molecule has 0 spiro atoms. The number of nitrogens with two attached hydrogens (primary N) is 1. The van der Waals surface area contributed by atoms with Crippen molar-refractivity contribution < 1.29 is 4.39 Å². The number of hydrogen-bond donors (Lipinski definition) is 1. The lowest BCUT2D eigenvalue weighted by Gasteiger charge is -2.15. The molecule has 2 N–H and O–H groups in total. The molecule has 0 amide bonds. The zero-order valence-electron chi connectivity index (χ0n) is 10.4. The normalized spacial score (nSPS) is 12.4. The van der Waals surface area contributed by atoms with Gasteiger partial charge in [0, 0.05) is 6.20 Å². The van der Waals surface area contributed by atoms with Crippen LogP contribution in [-0.2, 0) is 12.8 Å². The lowest BCUT2D eigenvalue weighted by atomic mass is 9.99. The van der Waals surface area contributed by atoms with Gasteiger partial charge in [0.2, 0.25) is 0 Å². The van der Waals surface area contributed by atoms with Crippen molar-refractivity contribution in [3.8, 4) is 0 Å².